The van der Waals surface area contributed by atoms with E-state index in [1.807, 2.05) is 0 Å². The van der Waals surface area contributed by atoms with Gasteiger partial charge in [-0.25, -0.2) is 0 Å². The van der Waals surface area contributed by atoms with E-state index in [0.717, 1.165) is 31.4 Å². The van der Waals surface area contributed by atoms with E-state index in [2.05, 4.69) is 68.9 Å². The van der Waals surface area contributed by atoms with Gasteiger partial charge >= 0.3 is 5.97 Å². The van der Waals surface area contributed by atoms with Crippen LogP contribution in [-0.4, -0.2) is 27.1 Å². The van der Waals surface area contributed by atoms with Crippen molar-refractivity contribution in [2.45, 2.75) is 134 Å². The molecule has 2 bridgehead atoms. The lowest BCUT2D eigenvalue weighted by molar-refractivity contribution is -0.156. The van der Waals surface area contributed by atoms with Gasteiger partial charge < -0.3 is 15.0 Å². The smallest absolute Gasteiger partial charge is 0.309 e. The van der Waals surface area contributed by atoms with Crippen molar-refractivity contribution in [1.29, 1.82) is 0 Å². The largest absolute Gasteiger partial charge is 0.481 e. The molecule has 5 fully saturated rings. The minimum atomic E-state index is -0.659. The number of aromatic nitrogens is 1. The first-order valence-corrected chi connectivity index (χ1v) is 16.2. The van der Waals surface area contributed by atoms with Crippen molar-refractivity contribution in [2.75, 3.05) is 0 Å². The van der Waals surface area contributed by atoms with E-state index in [1.165, 1.54) is 72.9 Å². The number of amides is 1. The number of nitrogens with zero attached hydrogens (tertiary/aromatic N) is 1. The molecule has 1 aromatic carbocycles. The lowest BCUT2D eigenvalue weighted by Crippen LogP contribution is -2.58. The monoisotopic (exact) mass is 558 g/mol. The molecule has 222 valence electrons. The molecule has 7 rings (SSSR count). The van der Waals surface area contributed by atoms with Crippen molar-refractivity contribution < 1.29 is 14.7 Å². The number of carboxylic acids is 1. The van der Waals surface area contributed by atoms with Crippen molar-refractivity contribution in [1.82, 2.24) is 9.88 Å². The lowest BCUT2D eigenvalue weighted by atomic mass is 9.57. The highest BCUT2D eigenvalue weighted by Crippen LogP contribution is 2.53. The van der Waals surface area contributed by atoms with Crippen LogP contribution >= 0.6 is 0 Å². The summed E-state index contributed by atoms with van der Waals surface area (Å²) in [6.07, 6.45) is 14.2. The Bertz CT molecular complexity index is 1300. The fraction of sp³-hybridized carbons (Fsp3) is 0.667. The molecule has 41 heavy (non-hydrogen) atoms. The Balaban J connectivity index is 1.37. The van der Waals surface area contributed by atoms with Crippen LogP contribution in [0.25, 0.3) is 11.1 Å². The van der Waals surface area contributed by atoms with Gasteiger partial charge in [0.2, 0.25) is 0 Å². The first-order chi connectivity index (χ1) is 19.3. The lowest BCUT2D eigenvalue weighted by Gasteiger charge is -2.51. The highest BCUT2D eigenvalue weighted by molar-refractivity contribution is 5.95. The van der Waals surface area contributed by atoms with Gasteiger partial charge in [0.1, 0.15) is 5.69 Å². The van der Waals surface area contributed by atoms with Gasteiger partial charge in [-0.2, -0.15) is 0 Å². The standard InChI is InChI=1S/C36H50N2O3/c1-33(2,3)26-20-25(21-27(22-26)34(4)11-12-34)28-23-30(38(5)29(28)19-24-9-7-6-8-10-24)31(39)37-36-16-13-35(14-17-36,15-18-36)32(40)41/h20-24H,6-19H2,1-5H3,(H,37,39)(H,40,41). The average molecular weight is 559 g/mol. The number of aliphatic carboxylic acids is 1. The second kappa shape index (κ2) is 10.0. The molecule has 5 aliphatic carbocycles. The highest BCUT2D eigenvalue weighted by Gasteiger charge is 2.53. The van der Waals surface area contributed by atoms with Gasteiger partial charge in [-0.3, -0.25) is 9.59 Å². The molecule has 5 nitrogen and oxygen atoms in total. The molecule has 2 aromatic rings. The maximum absolute atomic E-state index is 14.0. The van der Waals surface area contributed by atoms with Gasteiger partial charge in [0, 0.05) is 23.8 Å². The van der Waals surface area contributed by atoms with Gasteiger partial charge in [0.25, 0.3) is 5.91 Å². The van der Waals surface area contributed by atoms with Gasteiger partial charge in [-0.15, -0.1) is 0 Å². The fourth-order valence-electron chi connectivity index (χ4n) is 8.06. The molecule has 5 aliphatic rings. The zero-order valence-electron chi connectivity index (χ0n) is 26.0. The van der Waals surface area contributed by atoms with Crippen LogP contribution in [0.3, 0.4) is 0 Å². The molecular weight excluding hydrogens is 508 g/mol. The third-order valence-electron chi connectivity index (χ3n) is 11.7. The van der Waals surface area contributed by atoms with Crippen molar-refractivity contribution in [3.8, 4) is 11.1 Å². The van der Waals surface area contributed by atoms with Crippen LogP contribution in [0.15, 0.2) is 24.3 Å². The van der Waals surface area contributed by atoms with E-state index in [9.17, 15) is 14.7 Å². The number of hydrogen-bond acceptors (Lipinski definition) is 2. The number of rotatable bonds is 7. The van der Waals surface area contributed by atoms with Gasteiger partial charge in [-0.05, 0) is 97.3 Å². The molecule has 1 heterocycles. The minimum Gasteiger partial charge on any atom is -0.481 e. The summed E-state index contributed by atoms with van der Waals surface area (Å²) in [5.41, 5.74) is 6.74. The fourth-order valence-corrected chi connectivity index (χ4v) is 8.06. The van der Waals surface area contributed by atoms with Gasteiger partial charge in [0.15, 0.2) is 0 Å². The summed E-state index contributed by atoms with van der Waals surface area (Å²) in [6, 6.07) is 9.38. The zero-order chi connectivity index (χ0) is 29.2. The van der Waals surface area contributed by atoms with E-state index < -0.39 is 11.4 Å². The highest BCUT2D eigenvalue weighted by atomic mass is 16.4. The van der Waals surface area contributed by atoms with E-state index in [1.54, 1.807) is 0 Å². The molecular formula is C36H50N2O3. The summed E-state index contributed by atoms with van der Waals surface area (Å²) < 4.78 is 2.19. The molecule has 0 aliphatic heterocycles. The maximum Gasteiger partial charge on any atom is 0.309 e. The van der Waals surface area contributed by atoms with Gasteiger partial charge in [0.05, 0.1) is 5.41 Å². The first-order valence-electron chi connectivity index (χ1n) is 16.2. The third-order valence-corrected chi connectivity index (χ3v) is 11.7. The first kappa shape index (κ1) is 28.6. The van der Waals surface area contributed by atoms with Crippen LogP contribution in [0.4, 0.5) is 0 Å². The predicted molar refractivity (Wildman–Crippen MR) is 164 cm³/mol. The second-order valence-corrected chi connectivity index (χ2v) is 15.6. The number of nitrogens with one attached hydrogen (secondary N) is 1. The van der Waals surface area contributed by atoms with Crippen molar-refractivity contribution >= 4 is 11.9 Å². The summed E-state index contributed by atoms with van der Waals surface area (Å²) in [5.74, 6) is 0.000785. The van der Waals surface area contributed by atoms with E-state index in [0.29, 0.717) is 25.2 Å². The van der Waals surface area contributed by atoms with Crippen LogP contribution in [0.1, 0.15) is 138 Å². The van der Waals surface area contributed by atoms with Crippen LogP contribution in [-0.2, 0) is 29.1 Å². The Labute approximate surface area is 246 Å². The molecule has 0 saturated heterocycles. The number of carbonyl (C=O) groups excluding carboxylic acids is 1. The molecule has 0 unspecified atom stereocenters. The molecule has 5 saturated carbocycles. The van der Waals surface area contributed by atoms with Crippen LogP contribution < -0.4 is 5.32 Å². The van der Waals surface area contributed by atoms with Crippen LogP contribution in [0.5, 0.6) is 0 Å². The Morgan fingerprint density at radius 1 is 0.927 bits per heavy atom. The van der Waals surface area contributed by atoms with Crippen LogP contribution in [0, 0.1) is 11.3 Å². The van der Waals surface area contributed by atoms with Crippen molar-refractivity contribution in [3.63, 3.8) is 0 Å². The number of carbonyl (C=O) groups is 2. The number of benzene rings is 1. The Kier molecular flexibility index (Phi) is 6.98. The topological polar surface area (TPSA) is 71.3 Å². The van der Waals surface area contributed by atoms with E-state index in [-0.39, 0.29) is 22.3 Å². The second-order valence-electron chi connectivity index (χ2n) is 15.6. The number of fused-ring (bicyclic) bond motifs is 3. The minimum absolute atomic E-state index is 0.00489. The number of hydrogen-bond donors (Lipinski definition) is 2. The molecule has 1 aromatic heterocycles. The Morgan fingerprint density at radius 3 is 2.12 bits per heavy atom. The summed E-state index contributed by atoms with van der Waals surface area (Å²) in [5, 5.41) is 13.3. The normalized spacial score (nSPS) is 27.5. The maximum atomic E-state index is 14.0. The van der Waals surface area contributed by atoms with Gasteiger partial charge in [-0.1, -0.05) is 78.0 Å². The molecule has 5 heteroatoms. The molecule has 2 N–H and O–H groups in total. The Hall–Kier alpha value is -2.56. The van der Waals surface area contributed by atoms with Crippen LogP contribution in [0.2, 0.25) is 0 Å². The average Bonchev–Trinajstić information content (AvgIpc) is 3.63. The molecule has 0 atom stereocenters. The SMILES string of the molecule is Cn1c(C(=O)NC23CCC(C(=O)O)(CC2)CC3)cc(-c2cc(C(C)(C)C)cc(C3(C)CC3)c2)c1CC1CCCCC1. The van der Waals surface area contributed by atoms with E-state index >= 15 is 0 Å². The summed E-state index contributed by atoms with van der Waals surface area (Å²) in [6.45, 7) is 9.28. The Morgan fingerprint density at radius 2 is 1.56 bits per heavy atom. The summed E-state index contributed by atoms with van der Waals surface area (Å²) in [4.78, 5) is 26.0. The zero-order valence-corrected chi connectivity index (χ0v) is 26.0. The quantitative estimate of drug-likeness (QED) is 0.361. The third kappa shape index (κ3) is 5.27. The predicted octanol–water partition coefficient (Wildman–Crippen LogP) is 8.07. The molecule has 1 amide bonds. The summed E-state index contributed by atoms with van der Waals surface area (Å²) in [7, 11) is 2.09. The van der Waals surface area contributed by atoms with Crippen molar-refractivity contribution in [2.24, 2.45) is 18.4 Å². The summed E-state index contributed by atoms with van der Waals surface area (Å²) >= 11 is 0. The van der Waals surface area contributed by atoms with E-state index in [4.69, 9.17) is 0 Å². The van der Waals surface area contributed by atoms with Crippen molar-refractivity contribution in [3.05, 3.63) is 46.8 Å². The number of carboxylic acid groups (broad SMARTS) is 1. The molecule has 0 spiro atoms. The molecule has 0 radical (unpaired) electrons.